The molecule has 192 valence electrons. The lowest BCUT2D eigenvalue weighted by atomic mass is 10.1. The summed E-state index contributed by atoms with van der Waals surface area (Å²) in [4.78, 5) is 40.1. The summed E-state index contributed by atoms with van der Waals surface area (Å²) in [7, 11) is 0. The lowest BCUT2D eigenvalue weighted by molar-refractivity contribution is 0.0127. The zero-order valence-corrected chi connectivity index (χ0v) is 20.6. The number of urea groups is 1. The molecule has 4 heterocycles. The van der Waals surface area contributed by atoms with Crippen LogP contribution in [0.5, 0.6) is 0 Å². The van der Waals surface area contributed by atoms with Crippen LogP contribution in [0.4, 0.5) is 10.5 Å². The molecule has 2 fully saturated rings. The van der Waals surface area contributed by atoms with Crippen molar-refractivity contribution in [3.8, 4) is 21.8 Å². The first-order valence-electron chi connectivity index (χ1n) is 12.0. The fourth-order valence-electron chi connectivity index (χ4n) is 4.59. The second kappa shape index (κ2) is 10.0. The number of carbonyl (C=O) groups excluding carboxylic acids is 3. The van der Waals surface area contributed by atoms with Crippen LogP contribution in [0, 0.1) is 0 Å². The van der Waals surface area contributed by atoms with Crippen molar-refractivity contribution in [1.29, 1.82) is 0 Å². The Morgan fingerprint density at radius 1 is 1.11 bits per heavy atom. The van der Waals surface area contributed by atoms with E-state index < -0.39 is 12.3 Å². The van der Waals surface area contributed by atoms with Gasteiger partial charge < -0.3 is 25.4 Å². The van der Waals surface area contributed by atoms with Crippen LogP contribution in [0.3, 0.4) is 0 Å². The van der Waals surface area contributed by atoms with E-state index in [1.165, 1.54) is 11.3 Å². The number of morpholine rings is 2. The van der Waals surface area contributed by atoms with Gasteiger partial charge in [0, 0.05) is 31.7 Å². The van der Waals surface area contributed by atoms with Crippen LogP contribution < -0.4 is 21.4 Å². The first-order valence-corrected chi connectivity index (χ1v) is 12.8. The average molecular weight is 524 g/mol. The Labute approximate surface area is 215 Å². The fraction of sp³-hybridized carbons (Fsp3) is 0.333. The molecule has 6 rings (SSSR count). The molecule has 12 nitrogen and oxygen atoms in total. The molecule has 2 aromatic heterocycles. The van der Waals surface area contributed by atoms with Gasteiger partial charge >= 0.3 is 6.03 Å². The van der Waals surface area contributed by atoms with Gasteiger partial charge in [-0.1, -0.05) is 12.1 Å². The number of nitrogens with one attached hydrogen (secondary N) is 5. The van der Waals surface area contributed by atoms with Gasteiger partial charge in [0.05, 0.1) is 52.1 Å². The van der Waals surface area contributed by atoms with Crippen LogP contribution in [-0.2, 0) is 9.47 Å². The Morgan fingerprint density at radius 2 is 1.97 bits per heavy atom. The van der Waals surface area contributed by atoms with Crippen molar-refractivity contribution in [3.63, 3.8) is 0 Å². The summed E-state index contributed by atoms with van der Waals surface area (Å²) in [6, 6.07) is 8.32. The molecule has 3 amide bonds. The monoisotopic (exact) mass is 523 g/mol. The Morgan fingerprint density at radius 3 is 2.78 bits per heavy atom. The maximum atomic E-state index is 13.6. The van der Waals surface area contributed by atoms with Gasteiger partial charge in [0.2, 0.25) is 0 Å². The number of rotatable bonds is 5. The van der Waals surface area contributed by atoms with Gasteiger partial charge in [-0.3, -0.25) is 20.1 Å². The normalized spacial score (nSPS) is 19.2. The Bertz CT molecular complexity index is 1360. The average Bonchev–Trinajstić information content (AvgIpc) is 3.62. The van der Waals surface area contributed by atoms with Crippen molar-refractivity contribution in [2.24, 2.45) is 0 Å². The van der Waals surface area contributed by atoms with Crippen molar-refractivity contribution < 1.29 is 23.9 Å². The molecule has 0 spiro atoms. The zero-order valence-electron chi connectivity index (χ0n) is 19.8. The Kier molecular flexibility index (Phi) is 6.44. The number of fused-ring (bicyclic) bond motifs is 3. The standard InChI is InChI=1S/C24H25N7O5S/c32-22-18-13(2-1-3-14(18)26-24(34)27-17-12-25-6-9-36-17)20-19(22)21(29-28-20)15-4-5-16(37-15)23(33)30-31-7-10-35-11-8-31/h1-5,17,25H,6-12H2,(H,28,29)(H,30,33)(H2,26,27,34). The first-order chi connectivity index (χ1) is 18.1. The molecule has 0 radical (unpaired) electrons. The van der Waals surface area contributed by atoms with Crippen LogP contribution in [0.2, 0.25) is 0 Å². The second-order valence-corrected chi connectivity index (χ2v) is 9.83. The predicted octanol–water partition coefficient (Wildman–Crippen LogP) is 1.39. The highest BCUT2D eigenvalue weighted by Crippen LogP contribution is 2.44. The van der Waals surface area contributed by atoms with Gasteiger partial charge in [-0.2, -0.15) is 5.10 Å². The molecule has 13 heteroatoms. The van der Waals surface area contributed by atoms with Crippen LogP contribution >= 0.6 is 11.3 Å². The maximum Gasteiger partial charge on any atom is 0.321 e. The number of hydrogen-bond acceptors (Lipinski definition) is 9. The van der Waals surface area contributed by atoms with E-state index in [0.29, 0.717) is 78.1 Å². The quantitative estimate of drug-likeness (QED) is 0.264. The first kappa shape index (κ1) is 23.8. The lowest BCUT2D eigenvalue weighted by Crippen LogP contribution is -2.50. The number of H-pyrrole nitrogens is 1. The molecule has 1 aromatic carbocycles. The number of anilines is 1. The summed E-state index contributed by atoms with van der Waals surface area (Å²) in [5.74, 6) is -0.452. The number of carbonyl (C=O) groups is 3. The molecule has 1 unspecified atom stereocenters. The highest BCUT2D eigenvalue weighted by atomic mass is 32.1. The predicted molar refractivity (Wildman–Crippen MR) is 135 cm³/mol. The van der Waals surface area contributed by atoms with Gasteiger partial charge in [-0.15, -0.1) is 11.3 Å². The number of nitrogens with zero attached hydrogens (tertiary/aromatic N) is 2. The molecule has 3 aromatic rings. The van der Waals surface area contributed by atoms with Crippen LogP contribution in [0.15, 0.2) is 30.3 Å². The van der Waals surface area contributed by atoms with Gasteiger partial charge in [0.25, 0.3) is 5.91 Å². The smallest absolute Gasteiger partial charge is 0.321 e. The minimum atomic E-state index is -0.463. The number of thiophene rings is 1. The van der Waals surface area contributed by atoms with Crippen molar-refractivity contribution in [3.05, 3.63) is 46.3 Å². The van der Waals surface area contributed by atoms with E-state index in [-0.39, 0.29) is 11.7 Å². The largest absolute Gasteiger partial charge is 0.379 e. The third-order valence-electron chi connectivity index (χ3n) is 6.35. The number of ether oxygens (including phenoxy) is 2. The number of hydrogen-bond donors (Lipinski definition) is 5. The second-order valence-electron chi connectivity index (χ2n) is 8.75. The van der Waals surface area contributed by atoms with E-state index in [0.717, 1.165) is 11.4 Å². The number of amides is 3. The van der Waals surface area contributed by atoms with Crippen molar-refractivity contribution >= 4 is 34.7 Å². The van der Waals surface area contributed by atoms with Crippen LogP contribution in [-0.4, -0.2) is 85.2 Å². The summed E-state index contributed by atoms with van der Waals surface area (Å²) in [6.07, 6.45) is -0.447. The summed E-state index contributed by atoms with van der Waals surface area (Å²) >= 11 is 1.28. The molecule has 5 N–H and O–H groups in total. The third-order valence-corrected chi connectivity index (χ3v) is 7.46. The molecular formula is C24H25N7O5S. The van der Waals surface area contributed by atoms with Crippen molar-refractivity contribution in [2.45, 2.75) is 6.23 Å². The highest BCUT2D eigenvalue weighted by Gasteiger charge is 2.36. The minimum Gasteiger partial charge on any atom is -0.379 e. The summed E-state index contributed by atoms with van der Waals surface area (Å²) < 4.78 is 10.8. The minimum absolute atomic E-state index is 0.210. The highest BCUT2D eigenvalue weighted by molar-refractivity contribution is 7.17. The zero-order chi connectivity index (χ0) is 25.4. The Hall–Kier alpha value is -3.62. The summed E-state index contributed by atoms with van der Waals surface area (Å²) in [6.45, 7) is 4.15. The number of ketones is 1. The molecule has 2 aliphatic heterocycles. The SMILES string of the molecule is O=C(Nc1cccc2c1C(=O)c1c-2n[nH]c1-c1ccc(C(=O)NN2CCOCC2)s1)NC1CNCCO1. The fourth-order valence-corrected chi connectivity index (χ4v) is 5.49. The van der Waals surface area contributed by atoms with Gasteiger partial charge in [0.15, 0.2) is 5.78 Å². The van der Waals surface area contributed by atoms with E-state index in [1.54, 1.807) is 30.3 Å². The number of aromatic nitrogens is 2. The van der Waals surface area contributed by atoms with Crippen LogP contribution in [0.25, 0.3) is 21.8 Å². The van der Waals surface area contributed by atoms with E-state index in [1.807, 2.05) is 5.01 Å². The summed E-state index contributed by atoms with van der Waals surface area (Å²) in [5.41, 5.74) is 5.80. The van der Waals surface area contributed by atoms with E-state index in [9.17, 15) is 14.4 Å². The van der Waals surface area contributed by atoms with Crippen LogP contribution in [0.1, 0.15) is 25.6 Å². The topological polar surface area (TPSA) is 150 Å². The lowest BCUT2D eigenvalue weighted by Gasteiger charge is -2.26. The Balaban J connectivity index is 1.21. The number of benzene rings is 1. The molecule has 1 atom stereocenters. The van der Waals surface area contributed by atoms with E-state index in [2.05, 4.69) is 31.6 Å². The molecule has 37 heavy (non-hydrogen) atoms. The molecular weight excluding hydrogens is 498 g/mol. The van der Waals surface area contributed by atoms with Gasteiger partial charge in [0.1, 0.15) is 11.9 Å². The third kappa shape index (κ3) is 4.63. The molecule has 0 saturated carbocycles. The summed E-state index contributed by atoms with van der Waals surface area (Å²) in [5, 5.41) is 17.9. The molecule has 1 aliphatic carbocycles. The van der Waals surface area contributed by atoms with Gasteiger partial charge in [-0.05, 0) is 18.2 Å². The van der Waals surface area contributed by atoms with Crippen molar-refractivity contribution in [1.82, 2.24) is 31.3 Å². The van der Waals surface area contributed by atoms with Crippen molar-refractivity contribution in [2.75, 3.05) is 51.3 Å². The number of aromatic amines is 1. The van der Waals surface area contributed by atoms with E-state index >= 15 is 0 Å². The van der Waals surface area contributed by atoms with Gasteiger partial charge in [-0.25, -0.2) is 9.80 Å². The van der Waals surface area contributed by atoms with E-state index in [4.69, 9.17) is 9.47 Å². The molecule has 2 saturated heterocycles. The molecule has 3 aliphatic rings. The number of hydrazine groups is 1. The molecule has 0 bridgehead atoms. The maximum absolute atomic E-state index is 13.6.